The molecule has 0 saturated carbocycles. The number of carbonyl (C=O) groups excluding carboxylic acids is 1. The molecule has 0 fully saturated rings. The number of carbonyl (C=O) groups is 1. The largest absolute Gasteiger partial charge is 0.421 e. The number of anilines is 1. The summed E-state index contributed by atoms with van der Waals surface area (Å²) in [6, 6.07) is 15.4. The summed E-state index contributed by atoms with van der Waals surface area (Å²) in [7, 11) is 1.64. The van der Waals surface area contributed by atoms with Crippen molar-refractivity contribution in [2.75, 3.05) is 12.4 Å². The zero-order valence-corrected chi connectivity index (χ0v) is 14.9. The lowest BCUT2D eigenvalue weighted by molar-refractivity contribution is -0.116. The van der Waals surface area contributed by atoms with Gasteiger partial charge in [0.2, 0.25) is 17.7 Å². The smallest absolute Gasteiger partial charge is 0.247 e. The normalized spacial score (nSPS) is 10.7. The van der Waals surface area contributed by atoms with Crippen molar-refractivity contribution in [3.63, 3.8) is 0 Å². The monoisotopic (exact) mass is 351 g/mol. The number of hydrogen-bond donors (Lipinski definition) is 1. The van der Waals surface area contributed by atoms with E-state index >= 15 is 0 Å². The third-order valence-corrected chi connectivity index (χ3v) is 3.85. The van der Waals surface area contributed by atoms with E-state index in [1.807, 2.05) is 55.5 Å². The highest BCUT2D eigenvalue weighted by atomic mass is 16.5. The van der Waals surface area contributed by atoms with Gasteiger partial charge in [-0.2, -0.15) is 0 Å². The number of nitrogens with one attached hydrogen (secondary N) is 1. The predicted octanol–water partition coefficient (Wildman–Crippen LogP) is 3.76. The quantitative estimate of drug-likeness (QED) is 0.701. The van der Waals surface area contributed by atoms with Crippen LogP contribution in [-0.4, -0.2) is 23.2 Å². The number of methoxy groups -OCH3 is 1. The Labute approximate surface area is 152 Å². The highest BCUT2D eigenvalue weighted by Crippen LogP contribution is 2.19. The highest BCUT2D eigenvalue weighted by molar-refractivity contribution is 5.90. The van der Waals surface area contributed by atoms with Crippen molar-refractivity contribution in [3.8, 4) is 11.5 Å². The van der Waals surface area contributed by atoms with Crippen LogP contribution in [0.4, 0.5) is 5.69 Å². The summed E-state index contributed by atoms with van der Waals surface area (Å²) in [6.07, 6.45) is 0.659. The first kappa shape index (κ1) is 17.8. The summed E-state index contributed by atoms with van der Waals surface area (Å²) in [5, 5.41) is 10.9. The Hall–Kier alpha value is -2.99. The number of aromatic nitrogens is 2. The molecule has 1 heterocycles. The molecule has 1 aromatic heterocycles. The molecule has 1 N–H and O–H groups in total. The van der Waals surface area contributed by atoms with Gasteiger partial charge in [-0.05, 0) is 36.8 Å². The minimum Gasteiger partial charge on any atom is -0.421 e. The van der Waals surface area contributed by atoms with Crippen LogP contribution in [-0.2, 0) is 22.6 Å². The summed E-state index contributed by atoms with van der Waals surface area (Å²) < 4.78 is 10.7. The number of benzene rings is 2. The minimum atomic E-state index is -0.102. The van der Waals surface area contributed by atoms with E-state index in [2.05, 4.69) is 15.5 Å². The fourth-order valence-electron chi connectivity index (χ4n) is 2.52. The number of rotatable bonds is 7. The molecule has 0 aliphatic heterocycles. The minimum absolute atomic E-state index is 0.102. The summed E-state index contributed by atoms with van der Waals surface area (Å²) in [4.78, 5) is 12.1. The predicted molar refractivity (Wildman–Crippen MR) is 98.6 cm³/mol. The van der Waals surface area contributed by atoms with E-state index in [1.54, 1.807) is 7.11 Å². The lowest BCUT2D eigenvalue weighted by Gasteiger charge is -2.06. The zero-order chi connectivity index (χ0) is 18.4. The van der Waals surface area contributed by atoms with Crippen LogP contribution in [0.1, 0.15) is 23.4 Å². The molecule has 1 amide bonds. The standard InChI is InChI=1S/C20H21N3O3/c1-14-6-8-16(9-7-14)20-23-22-19(26-20)11-10-18(24)21-17-5-3-4-15(12-17)13-25-2/h3-9,12H,10-11,13H2,1-2H3,(H,21,24). The van der Waals surface area contributed by atoms with Crippen molar-refractivity contribution in [1.82, 2.24) is 10.2 Å². The van der Waals surface area contributed by atoms with E-state index in [0.29, 0.717) is 24.8 Å². The van der Waals surface area contributed by atoms with Gasteiger partial charge in [0, 0.05) is 31.2 Å². The van der Waals surface area contributed by atoms with Crippen molar-refractivity contribution in [1.29, 1.82) is 0 Å². The summed E-state index contributed by atoms with van der Waals surface area (Å²) in [6.45, 7) is 2.53. The Bertz CT molecular complexity index is 872. The van der Waals surface area contributed by atoms with Gasteiger partial charge in [0.1, 0.15) is 0 Å². The van der Waals surface area contributed by atoms with Gasteiger partial charge in [0.05, 0.1) is 6.61 Å². The van der Waals surface area contributed by atoms with Crippen molar-refractivity contribution in [2.24, 2.45) is 0 Å². The molecular formula is C20H21N3O3. The molecule has 26 heavy (non-hydrogen) atoms. The van der Waals surface area contributed by atoms with Crippen molar-refractivity contribution in [3.05, 3.63) is 65.5 Å². The van der Waals surface area contributed by atoms with E-state index in [9.17, 15) is 4.79 Å². The van der Waals surface area contributed by atoms with E-state index in [1.165, 1.54) is 5.56 Å². The van der Waals surface area contributed by atoms with Crippen molar-refractivity contribution >= 4 is 11.6 Å². The lowest BCUT2D eigenvalue weighted by atomic mass is 10.1. The Morgan fingerprint density at radius 2 is 1.96 bits per heavy atom. The SMILES string of the molecule is COCc1cccc(NC(=O)CCc2nnc(-c3ccc(C)cc3)o2)c1. The highest BCUT2D eigenvalue weighted by Gasteiger charge is 2.11. The molecule has 3 rings (SSSR count). The van der Waals surface area contributed by atoms with E-state index in [0.717, 1.165) is 16.8 Å². The summed E-state index contributed by atoms with van der Waals surface area (Å²) in [5.41, 5.74) is 3.79. The number of amides is 1. The Morgan fingerprint density at radius 3 is 2.73 bits per heavy atom. The molecule has 6 nitrogen and oxygen atoms in total. The maximum atomic E-state index is 12.1. The molecule has 3 aromatic rings. The molecule has 0 spiro atoms. The van der Waals surface area contributed by atoms with Gasteiger partial charge in [-0.15, -0.1) is 10.2 Å². The van der Waals surface area contributed by atoms with Crippen LogP contribution in [0, 0.1) is 6.92 Å². The Morgan fingerprint density at radius 1 is 1.15 bits per heavy atom. The van der Waals surface area contributed by atoms with Crippen molar-refractivity contribution in [2.45, 2.75) is 26.4 Å². The first-order valence-corrected chi connectivity index (χ1v) is 8.41. The van der Waals surface area contributed by atoms with Crippen LogP contribution in [0.3, 0.4) is 0 Å². The molecule has 2 aromatic carbocycles. The second kappa shape index (κ2) is 8.40. The Balaban J connectivity index is 1.55. The Kier molecular flexibility index (Phi) is 5.76. The van der Waals surface area contributed by atoms with Gasteiger partial charge in [-0.25, -0.2) is 0 Å². The molecule has 0 aliphatic rings. The second-order valence-corrected chi connectivity index (χ2v) is 6.05. The molecule has 0 bridgehead atoms. The second-order valence-electron chi connectivity index (χ2n) is 6.05. The summed E-state index contributed by atoms with van der Waals surface area (Å²) in [5.74, 6) is 0.811. The van der Waals surface area contributed by atoms with Crippen molar-refractivity contribution < 1.29 is 13.9 Å². The van der Waals surface area contributed by atoms with Crippen LogP contribution in [0.25, 0.3) is 11.5 Å². The maximum absolute atomic E-state index is 12.1. The van der Waals surface area contributed by atoms with Gasteiger partial charge in [0.15, 0.2) is 0 Å². The maximum Gasteiger partial charge on any atom is 0.247 e. The number of nitrogens with zero attached hydrogens (tertiary/aromatic N) is 2. The average molecular weight is 351 g/mol. The van der Waals surface area contributed by atoms with Crippen LogP contribution in [0.15, 0.2) is 52.9 Å². The molecule has 0 saturated heterocycles. The number of ether oxygens (including phenoxy) is 1. The van der Waals surface area contributed by atoms with Gasteiger partial charge < -0.3 is 14.5 Å². The van der Waals surface area contributed by atoms with E-state index in [4.69, 9.17) is 9.15 Å². The molecular weight excluding hydrogens is 330 g/mol. The number of aryl methyl sites for hydroxylation is 2. The van der Waals surface area contributed by atoms with Crippen LogP contribution in [0.2, 0.25) is 0 Å². The first-order valence-electron chi connectivity index (χ1n) is 8.41. The molecule has 0 aliphatic carbocycles. The number of hydrogen-bond acceptors (Lipinski definition) is 5. The van der Waals surface area contributed by atoms with Crippen LogP contribution >= 0.6 is 0 Å². The van der Waals surface area contributed by atoms with Gasteiger partial charge in [-0.3, -0.25) is 4.79 Å². The van der Waals surface area contributed by atoms with Crippen LogP contribution < -0.4 is 5.32 Å². The third kappa shape index (κ3) is 4.77. The molecule has 0 radical (unpaired) electrons. The molecule has 0 unspecified atom stereocenters. The summed E-state index contributed by atoms with van der Waals surface area (Å²) >= 11 is 0. The zero-order valence-electron chi connectivity index (χ0n) is 14.9. The molecule has 134 valence electrons. The van der Waals surface area contributed by atoms with Gasteiger partial charge >= 0.3 is 0 Å². The van der Waals surface area contributed by atoms with Gasteiger partial charge in [-0.1, -0.05) is 29.8 Å². The topological polar surface area (TPSA) is 77.2 Å². The fraction of sp³-hybridized carbons (Fsp3) is 0.250. The average Bonchev–Trinajstić information content (AvgIpc) is 3.10. The third-order valence-electron chi connectivity index (χ3n) is 3.85. The van der Waals surface area contributed by atoms with E-state index in [-0.39, 0.29) is 12.3 Å². The first-order chi connectivity index (χ1) is 12.6. The lowest BCUT2D eigenvalue weighted by Crippen LogP contribution is -2.12. The van der Waals surface area contributed by atoms with Gasteiger partial charge in [0.25, 0.3) is 0 Å². The molecule has 6 heteroatoms. The molecule has 0 atom stereocenters. The van der Waals surface area contributed by atoms with E-state index < -0.39 is 0 Å². The van der Waals surface area contributed by atoms with Crippen LogP contribution in [0.5, 0.6) is 0 Å². The fourth-order valence-corrected chi connectivity index (χ4v) is 2.52.